The molecule has 0 amide bonds. The number of hydrogen-bond donors (Lipinski definition) is 2. The molecule has 166 valence electrons. The Balaban J connectivity index is 0.000000370. The van der Waals surface area contributed by atoms with Crippen LogP contribution in [0.2, 0.25) is 0 Å². The first-order valence-electron chi connectivity index (χ1n) is 8.85. The van der Waals surface area contributed by atoms with Crippen LogP contribution >= 0.6 is 11.3 Å². The highest BCUT2D eigenvalue weighted by atomic mass is 32.2. The lowest BCUT2D eigenvalue weighted by Crippen LogP contribution is -2.43. The third kappa shape index (κ3) is 7.81. The highest BCUT2D eigenvalue weighted by molar-refractivity contribution is 7.88. The fourth-order valence-electron chi connectivity index (χ4n) is 3.46. The minimum Gasteiger partial charge on any atom is -0.475 e. The highest BCUT2D eigenvalue weighted by Crippen LogP contribution is 2.34. The van der Waals surface area contributed by atoms with E-state index in [0.29, 0.717) is 18.4 Å². The van der Waals surface area contributed by atoms with E-state index in [2.05, 4.69) is 20.0 Å². The predicted octanol–water partition coefficient (Wildman–Crippen LogP) is 1.47. The van der Waals surface area contributed by atoms with Gasteiger partial charge in [0.2, 0.25) is 10.0 Å². The second kappa shape index (κ2) is 9.69. The van der Waals surface area contributed by atoms with Crippen molar-refractivity contribution in [3.05, 3.63) is 16.1 Å². The lowest BCUT2D eigenvalue weighted by Gasteiger charge is -2.35. The Kier molecular flexibility index (Phi) is 8.01. The van der Waals surface area contributed by atoms with E-state index in [1.807, 2.05) is 6.92 Å². The molecule has 13 heteroatoms. The summed E-state index contributed by atoms with van der Waals surface area (Å²) < 4.78 is 62.6. The fraction of sp³-hybridized carbons (Fsp3) is 0.750. The Morgan fingerprint density at radius 3 is 2.66 bits per heavy atom. The van der Waals surface area contributed by atoms with Crippen molar-refractivity contribution in [2.24, 2.45) is 11.8 Å². The van der Waals surface area contributed by atoms with Crippen LogP contribution < -0.4 is 4.72 Å². The van der Waals surface area contributed by atoms with Crippen molar-refractivity contribution < 1.29 is 36.2 Å². The number of rotatable bonds is 5. The number of carboxylic acid groups (broad SMARTS) is 1. The van der Waals surface area contributed by atoms with Crippen molar-refractivity contribution in [1.29, 1.82) is 0 Å². The van der Waals surface area contributed by atoms with Gasteiger partial charge in [0.25, 0.3) is 0 Å². The first-order valence-corrected chi connectivity index (χ1v) is 11.6. The van der Waals surface area contributed by atoms with Crippen molar-refractivity contribution >= 4 is 27.3 Å². The van der Waals surface area contributed by atoms with Gasteiger partial charge in [-0.15, -0.1) is 11.3 Å². The van der Waals surface area contributed by atoms with E-state index >= 15 is 0 Å². The number of halogens is 3. The molecule has 0 bridgehead atoms. The normalized spacial score (nSPS) is 25.2. The molecule has 0 spiro atoms. The van der Waals surface area contributed by atoms with Gasteiger partial charge in [0, 0.05) is 30.9 Å². The number of fused-ring (bicyclic) bond motifs is 1. The molecule has 0 radical (unpaired) electrons. The van der Waals surface area contributed by atoms with Crippen LogP contribution in [0.15, 0.2) is 5.38 Å². The number of aryl methyl sites for hydroxylation is 1. The molecule has 2 saturated heterocycles. The van der Waals surface area contributed by atoms with Crippen LogP contribution in [0.3, 0.4) is 0 Å². The lowest BCUT2D eigenvalue weighted by molar-refractivity contribution is -0.192. The van der Waals surface area contributed by atoms with Gasteiger partial charge in [-0.3, -0.25) is 4.90 Å². The summed E-state index contributed by atoms with van der Waals surface area (Å²) in [7, 11) is -3.15. The molecule has 8 nitrogen and oxygen atoms in total. The average molecular weight is 460 g/mol. The number of carboxylic acids is 1. The van der Waals surface area contributed by atoms with Crippen LogP contribution in [0.5, 0.6) is 0 Å². The molecule has 2 aliphatic rings. The Bertz CT molecular complexity index is 800. The molecular weight excluding hydrogens is 435 g/mol. The molecule has 0 unspecified atom stereocenters. The van der Waals surface area contributed by atoms with Gasteiger partial charge in [-0.1, -0.05) is 0 Å². The maximum Gasteiger partial charge on any atom is 0.490 e. The first kappa shape index (κ1) is 24.0. The molecule has 2 N–H and O–H groups in total. The second-order valence-corrected chi connectivity index (χ2v) is 10.00. The van der Waals surface area contributed by atoms with Crippen molar-refractivity contribution in [2.45, 2.75) is 32.2 Å². The number of nitrogens with zero attached hydrogens (tertiary/aromatic N) is 2. The topological polar surface area (TPSA) is 109 Å². The van der Waals surface area contributed by atoms with Crippen molar-refractivity contribution in [2.75, 3.05) is 32.5 Å². The van der Waals surface area contributed by atoms with Crippen molar-refractivity contribution in [3.8, 4) is 0 Å². The van der Waals surface area contributed by atoms with Gasteiger partial charge in [-0.25, -0.2) is 22.9 Å². The molecule has 0 saturated carbocycles. The average Bonchev–Trinajstić information content (AvgIpc) is 3.17. The van der Waals surface area contributed by atoms with Crippen LogP contribution in [-0.2, 0) is 26.1 Å². The maximum absolute atomic E-state index is 11.2. The molecule has 1 aromatic heterocycles. The summed E-state index contributed by atoms with van der Waals surface area (Å²) in [5.41, 5.74) is 1.15. The summed E-state index contributed by atoms with van der Waals surface area (Å²) in [4.78, 5) is 15.9. The summed E-state index contributed by atoms with van der Waals surface area (Å²) in [5, 5.41) is 10.4. The number of alkyl halides is 3. The van der Waals surface area contributed by atoms with Gasteiger partial charge in [-0.05, 0) is 25.8 Å². The Morgan fingerprint density at radius 2 is 2.14 bits per heavy atom. The van der Waals surface area contributed by atoms with Crippen molar-refractivity contribution in [3.63, 3.8) is 0 Å². The summed E-state index contributed by atoms with van der Waals surface area (Å²) in [6.45, 7) is 6.09. The monoisotopic (exact) mass is 459 g/mol. The number of piperidine rings is 1. The fourth-order valence-corrected chi connectivity index (χ4v) is 4.53. The summed E-state index contributed by atoms with van der Waals surface area (Å²) >= 11 is 1.69. The van der Waals surface area contributed by atoms with Gasteiger partial charge in [-0.2, -0.15) is 13.2 Å². The van der Waals surface area contributed by atoms with Crippen LogP contribution in [0.1, 0.15) is 17.1 Å². The second-order valence-electron chi connectivity index (χ2n) is 7.10. The van der Waals surface area contributed by atoms with Gasteiger partial charge in [0.1, 0.15) is 0 Å². The maximum atomic E-state index is 11.2. The molecule has 0 aromatic carbocycles. The molecule has 1 aromatic rings. The minimum absolute atomic E-state index is 0.0170. The predicted molar refractivity (Wildman–Crippen MR) is 100 cm³/mol. The molecular formula is C16H24F3N3O5S2. The van der Waals surface area contributed by atoms with Crippen LogP contribution in [0.25, 0.3) is 0 Å². The summed E-state index contributed by atoms with van der Waals surface area (Å²) in [5.74, 6) is -1.80. The molecule has 0 aliphatic carbocycles. The number of thiazole rings is 1. The van der Waals surface area contributed by atoms with Gasteiger partial charge in [0.05, 0.1) is 29.7 Å². The van der Waals surface area contributed by atoms with E-state index in [4.69, 9.17) is 14.6 Å². The first-order chi connectivity index (χ1) is 13.3. The molecule has 3 rings (SSSR count). The van der Waals surface area contributed by atoms with E-state index in [-0.39, 0.29) is 6.10 Å². The van der Waals surface area contributed by atoms with Gasteiger partial charge >= 0.3 is 12.1 Å². The third-order valence-electron chi connectivity index (χ3n) is 4.72. The zero-order chi connectivity index (χ0) is 21.8. The van der Waals surface area contributed by atoms with Crippen molar-refractivity contribution in [1.82, 2.24) is 14.6 Å². The number of aromatic nitrogens is 1. The van der Waals surface area contributed by atoms with Gasteiger partial charge < -0.3 is 9.84 Å². The number of sulfonamides is 1. The summed E-state index contributed by atoms with van der Waals surface area (Å²) in [6, 6.07) is 0. The number of likely N-dealkylation sites (tertiary alicyclic amines) is 1. The largest absolute Gasteiger partial charge is 0.490 e. The van der Waals surface area contributed by atoms with E-state index in [1.54, 1.807) is 11.3 Å². The third-order valence-corrected chi connectivity index (χ3v) is 6.23. The number of aliphatic carboxylic acids is 1. The Hall–Kier alpha value is -1.28. The standard InChI is InChI=1S/C14H23N3O3S2.C2HF3O2/c1-10-16-12(9-21-10)7-17-4-3-13-11(6-17)8-20-14(13)5-15-22(2,18)19;3-2(4,5)1(6)7/h9,11,13-15H,3-8H2,1-2H3;(H,6,7)/t11-,13-,14-;/m1./s1. The Labute approximate surface area is 171 Å². The van der Waals surface area contributed by atoms with E-state index < -0.39 is 22.2 Å². The molecule has 3 heterocycles. The smallest absolute Gasteiger partial charge is 0.475 e. The zero-order valence-electron chi connectivity index (χ0n) is 16.0. The molecule has 3 atom stereocenters. The SMILES string of the molecule is Cc1nc(CN2CC[C@@H]3[C@@H](CO[C@@H]3CNS(C)(=O)=O)C2)cs1.O=C(O)C(F)(F)F. The Morgan fingerprint density at radius 1 is 1.48 bits per heavy atom. The zero-order valence-corrected chi connectivity index (χ0v) is 17.6. The molecule has 2 fully saturated rings. The molecule has 29 heavy (non-hydrogen) atoms. The number of nitrogens with one attached hydrogen (secondary N) is 1. The quantitative estimate of drug-likeness (QED) is 0.686. The number of carbonyl (C=O) groups is 1. The van der Waals surface area contributed by atoms with Crippen LogP contribution in [0, 0.1) is 18.8 Å². The number of hydrogen-bond acceptors (Lipinski definition) is 7. The minimum atomic E-state index is -5.08. The summed E-state index contributed by atoms with van der Waals surface area (Å²) in [6.07, 6.45) is -2.81. The lowest BCUT2D eigenvalue weighted by atomic mass is 9.84. The van der Waals surface area contributed by atoms with E-state index in [9.17, 15) is 21.6 Å². The highest BCUT2D eigenvalue weighted by Gasteiger charge is 2.41. The van der Waals surface area contributed by atoms with E-state index in [1.165, 1.54) is 6.26 Å². The van der Waals surface area contributed by atoms with Crippen LogP contribution in [-0.4, -0.2) is 74.2 Å². The number of ether oxygens (including phenoxy) is 1. The van der Waals surface area contributed by atoms with Gasteiger partial charge in [0.15, 0.2) is 0 Å². The van der Waals surface area contributed by atoms with Crippen LogP contribution in [0.4, 0.5) is 13.2 Å². The van der Waals surface area contributed by atoms with E-state index in [0.717, 1.165) is 43.4 Å². The molecule has 2 aliphatic heterocycles.